The molecule has 0 bridgehead atoms. The van der Waals surface area contributed by atoms with Gasteiger partial charge in [-0.2, -0.15) is 18.3 Å². The van der Waals surface area contributed by atoms with Crippen LogP contribution in [0.2, 0.25) is 0 Å². The van der Waals surface area contributed by atoms with Crippen LogP contribution in [-0.4, -0.2) is 27.9 Å². The molecule has 1 fully saturated rings. The van der Waals surface area contributed by atoms with Crippen LogP contribution >= 0.6 is 0 Å². The number of fused-ring (bicyclic) bond motifs is 1. The molecule has 2 atom stereocenters. The SMILES string of the molecule is O=C(NC1CCCCCCC1)c1cc2n(n1)[C@@H](C(F)(F)F)C[C@H](c1ccco1)N2. The van der Waals surface area contributed by atoms with Gasteiger partial charge in [0.25, 0.3) is 5.91 Å². The third-order valence-corrected chi connectivity index (χ3v) is 5.75. The highest BCUT2D eigenvalue weighted by Gasteiger charge is 2.47. The predicted octanol–water partition coefficient (Wildman–Crippen LogP) is 4.98. The van der Waals surface area contributed by atoms with E-state index in [9.17, 15) is 18.0 Å². The fraction of sp³-hybridized carbons (Fsp3) is 0.600. The number of carbonyl (C=O) groups excluding carboxylic acids is 1. The van der Waals surface area contributed by atoms with Crippen molar-refractivity contribution in [2.75, 3.05) is 5.32 Å². The zero-order valence-electron chi connectivity index (χ0n) is 16.0. The van der Waals surface area contributed by atoms with Gasteiger partial charge in [0.05, 0.1) is 12.3 Å². The molecule has 0 unspecified atom stereocenters. The van der Waals surface area contributed by atoms with Gasteiger partial charge in [0.15, 0.2) is 11.7 Å². The Balaban J connectivity index is 1.54. The highest BCUT2D eigenvalue weighted by Crippen LogP contribution is 2.43. The van der Waals surface area contributed by atoms with E-state index in [1.165, 1.54) is 18.8 Å². The maximum absolute atomic E-state index is 13.7. The van der Waals surface area contributed by atoms with Crippen molar-refractivity contribution in [3.05, 3.63) is 35.9 Å². The first-order chi connectivity index (χ1) is 13.9. The van der Waals surface area contributed by atoms with E-state index >= 15 is 0 Å². The number of aromatic nitrogens is 2. The zero-order valence-corrected chi connectivity index (χ0v) is 16.0. The van der Waals surface area contributed by atoms with E-state index in [4.69, 9.17) is 4.42 Å². The van der Waals surface area contributed by atoms with Crippen LogP contribution in [0.15, 0.2) is 28.9 Å². The summed E-state index contributed by atoms with van der Waals surface area (Å²) >= 11 is 0. The molecular formula is C20H25F3N4O2. The van der Waals surface area contributed by atoms with Crippen LogP contribution in [0, 0.1) is 0 Å². The summed E-state index contributed by atoms with van der Waals surface area (Å²) in [6.45, 7) is 0. The van der Waals surface area contributed by atoms with E-state index < -0.39 is 24.2 Å². The molecule has 158 valence electrons. The van der Waals surface area contributed by atoms with Crippen LogP contribution in [0.1, 0.15) is 79.7 Å². The number of carbonyl (C=O) groups is 1. The average Bonchev–Trinajstić information content (AvgIpc) is 3.31. The summed E-state index contributed by atoms with van der Waals surface area (Å²) in [7, 11) is 0. The molecule has 0 spiro atoms. The fourth-order valence-corrected chi connectivity index (χ4v) is 4.22. The number of amides is 1. The molecule has 4 rings (SSSR count). The second kappa shape index (κ2) is 8.12. The van der Waals surface area contributed by atoms with Crippen molar-refractivity contribution in [3.8, 4) is 0 Å². The molecule has 1 aliphatic heterocycles. The Labute approximate surface area is 166 Å². The standard InChI is InChI=1S/C20H25F3N4O2/c21-20(22,23)17-11-14(16-9-6-10-29-16)25-18-12-15(26-27(17)18)19(28)24-13-7-4-2-1-3-5-8-13/h6,9-10,12-14,17,25H,1-5,7-8,11H2,(H,24,28)/t14-,17-/m1/s1. The van der Waals surface area contributed by atoms with Crippen molar-refractivity contribution < 1.29 is 22.4 Å². The number of nitrogens with zero attached hydrogens (tertiary/aromatic N) is 2. The van der Waals surface area contributed by atoms with Crippen molar-refractivity contribution in [3.63, 3.8) is 0 Å². The Morgan fingerprint density at radius 3 is 2.59 bits per heavy atom. The minimum Gasteiger partial charge on any atom is -0.467 e. The molecule has 0 saturated heterocycles. The molecule has 2 aliphatic rings. The molecule has 0 radical (unpaired) electrons. The van der Waals surface area contributed by atoms with Crippen molar-refractivity contribution in [2.45, 2.75) is 75.7 Å². The van der Waals surface area contributed by atoms with Crippen LogP contribution < -0.4 is 10.6 Å². The summed E-state index contributed by atoms with van der Waals surface area (Å²) in [5.41, 5.74) is 0.00362. The molecule has 2 N–H and O–H groups in total. The third-order valence-electron chi connectivity index (χ3n) is 5.75. The van der Waals surface area contributed by atoms with E-state index in [1.807, 2.05) is 0 Å². The number of hydrogen-bond donors (Lipinski definition) is 2. The maximum atomic E-state index is 13.7. The Hall–Kier alpha value is -2.45. The first kappa shape index (κ1) is 19.8. The second-order valence-electron chi connectivity index (χ2n) is 7.88. The Bertz CT molecular complexity index is 823. The summed E-state index contributed by atoms with van der Waals surface area (Å²) < 4.78 is 47.2. The first-order valence-corrected chi connectivity index (χ1v) is 10.2. The van der Waals surface area contributed by atoms with E-state index in [0.29, 0.717) is 5.76 Å². The lowest BCUT2D eigenvalue weighted by atomic mass is 9.96. The van der Waals surface area contributed by atoms with Crippen LogP contribution in [0.4, 0.5) is 19.0 Å². The van der Waals surface area contributed by atoms with Gasteiger partial charge in [0, 0.05) is 18.5 Å². The Morgan fingerprint density at radius 2 is 1.93 bits per heavy atom. The smallest absolute Gasteiger partial charge is 0.410 e. The molecule has 1 aliphatic carbocycles. The van der Waals surface area contributed by atoms with E-state index in [2.05, 4.69) is 15.7 Å². The molecule has 0 aromatic carbocycles. The number of alkyl halides is 3. The van der Waals surface area contributed by atoms with Gasteiger partial charge in [-0.15, -0.1) is 0 Å². The lowest BCUT2D eigenvalue weighted by Crippen LogP contribution is -2.36. The lowest BCUT2D eigenvalue weighted by Gasteiger charge is -2.32. The predicted molar refractivity (Wildman–Crippen MR) is 101 cm³/mol. The average molecular weight is 410 g/mol. The molecule has 9 heteroatoms. The van der Waals surface area contributed by atoms with Crippen LogP contribution in [0.5, 0.6) is 0 Å². The number of anilines is 1. The normalized spacial score (nSPS) is 23.6. The van der Waals surface area contributed by atoms with E-state index in [0.717, 1.165) is 43.2 Å². The van der Waals surface area contributed by atoms with Crippen molar-refractivity contribution >= 4 is 11.7 Å². The minimum atomic E-state index is -4.49. The molecule has 2 aromatic rings. The summed E-state index contributed by atoms with van der Waals surface area (Å²) in [4.78, 5) is 12.7. The highest BCUT2D eigenvalue weighted by atomic mass is 19.4. The monoisotopic (exact) mass is 410 g/mol. The summed E-state index contributed by atoms with van der Waals surface area (Å²) in [6, 6.07) is 2.26. The van der Waals surface area contributed by atoms with Gasteiger partial charge in [0.1, 0.15) is 11.6 Å². The highest BCUT2D eigenvalue weighted by molar-refractivity contribution is 5.93. The largest absolute Gasteiger partial charge is 0.467 e. The number of rotatable bonds is 3. The summed E-state index contributed by atoms with van der Waals surface area (Å²) in [5.74, 6) is 0.171. The topological polar surface area (TPSA) is 72.1 Å². The summed E-state index contributed by atoms with van der Waals surface area (Å²) in [5, 5.41) is 10.0. The van der Waals surface area contributed by atoms with Gasteiger partial charge in [-0.05, 0) is 25.0 Å². The molecule has 6 nitrogen and oxygen atoms in total. The van der Waals surface area contributed by atoms with Crippen molar-refractivity contribution in [1.29, 1.82) is 0 Å². The zero-order chi connectivity index (χ0) is 20.4. The van der Waals surface area contributed by atoms with Crippen LogP contribution in [0.25, 0.3) is 0 Å². The number of hydrogen-bond acceptors (Lipinski definition) is 4. The van der Waals surface area contributed by atoms with Crippen molar-refractivity contribution in [1.82, 2.24) is 15.1 Å². The van der Waals surface area contributed by atoms with Crippen LogP contribution in [-0.2, 0) is 0 Å². The van der Waals surface area contributed by atoms with Gasteiger partial charge < -0.3 is 15.1 Å². The van der Waals surface area contributed by atoms with Gasteiger partial charge in [-0.25, -0.2) is 4.68 Å². The Kier molecular flexibility index (Phi) is 5.56. The molecule has 3 heterocycles. The molecule has 29 heavy (non-hydrogen) atoms. The van der Waals surface area contributed by atoms with Crippen molar-refractivity contribution in [2.24, 2.45) is 0 Å². The number of furan rings is 1. The van der Waals surface area contributed by atoms with Gasteiger partial charge in [-0.1, -0.05) is 32.1 Å². The quantitative estimate of drug-likeness (QED) is 0.749. The molecule has 1 amide bonds. The summed E-state index contributed by atoms with van der Waals surface area (Å²) in [6.07, 6.45) is 4.09. The molecule has 2 aromatic heterocycles. The maximum Gasteiger partial charge on any atom is 0.410 e. The fourth-order valence-electron chi connectivity index (χ4n) is 4.22. The van der Waals surface area contributed by atoms with Gasteiger partial charge in [0.2, 0.25) is 0 Å². The van der Waals surface area contributed by atoms with E-state index in [-0.39, 0.29) is 24.0 Å². The van der Waals surface area contributed by atoms with Gasteiger partial charge in [-0.3, -0.25) is 4.79 Å². The van der Waals surface area contributed by atoms with E-state index in [1.54, 1.807) is 12.1 Å². The van der Waals surface area contributed by atoms with Gasteiger partial charge >= 0.3 is 6.18 Å². The third kappa shape index (κ3) is 4.43. The number of halogens is 3. The number of nitrogens with one attached hydrogen (secondary N) is 2. The van der Waals surface area contributed by atoms with Crippen LogP contribution in [0.3, 0.4) is 0 Å². The second-order valence-corrected chi connectivity index (χ2v) is 7.88. The molecular weight excluding hydrogens is 385 g/mol. The first-order valence-electron chi connectivity index (χ1n) is 10.2. The Morgan fingerprint density at radius 1 is 1.21 bits per heavy atom. The lowest BCUT2D eigenvalue weighted by molar-refractivity contribution is -0.174. The minimum absolute atomic E-state index is 0.00362. The molecule has 1 saturated carbocycles.